The highest BCUT2D eigenvalue weighted by Gasteiger charge is 2.47. The summed E-state index contributed by atoms with van der Waals surface area (Å²) >= 11 is 0. The highest BCUT2D eigenvalue weighted by molar-refractivity contribution is 6.20. The number of amides is 4. The minimum atomic E-state index is -1.28. The number of carbonyl (C=O) groups excluding carboxylic acids is 3. The zero-order valence-electron chi connectivity index (χ0n) is 10.4. The molecule has 0 aromatic rings. The molecule has 5 nitrogen and oxygen atoms in total. The molecule has 1 heterocycles. The third-order valence-corrected chi connectivity index (χ3v) is 3.16. The Balaban J connectivity index is 2.91. The summed E-state index contributed by atoms with van der Waals surface area (Å²) in [5.74, 6) is -1.12. The van der Waals surface area contributed by atoms with E-state index in [1.807, 2.05) is 6.08 Å². The van der Waals surface area contributed by atoms with Crippen LogP contribution in [0.1, 0.15) is 40.0 Å². The number of hydrogen-bond acceptors (Lipinski definition) is 3. The largest absolute Gasteiger partial charge is 0.328 e. The van der Waals surface area contributed by atoms with E-state index in [0.29, 0.717) is 5.57 Å². The number of urea groups is 1. The molecule has 94 valence electrons. The van der Waals surface area contributed by atoms with Gasteiger partial charge >= 0.3 is 6.03 Å². The lowest BCUT2D eigenvalue weighted by Gasteiger charge is -2.31. The molecular formula is C12H18N2O3. The van der Waals surface area contributed by atoms with Crippen molar-refractivity contribution in [2.75, 3.05) is 0 Å². The van der Waals surface area contributed by atoms with Gasteiger partial charge in [0.05, 0.1) is 0 Å². The van der Waals surface area contributed by atoms with Crippen LogP contribution in [0.5, 0.6) is 0 Å². The minimum Gasteiger partial charge on any atom is -0.277 e. The van der Waals surface area contributed by atoms with E-state index in [2.05, 4.69) is 17.6 Å². The van der Waals surface area contributed by atoms with Crippen LogP contribution in [-0.2, 0) is 9.59 Å². The molecule has 5 heteroatoms. The first-order valence-corrected chi connectivity index (χ1v) is 5.77. The van der Waals surface area contributed by atoms with Crippen LogP contribution in [0.2, 0.25) is 0 Å². The molecule has 0 unspecified atom stereocenters. The molecule has 0 aromatic heterocycles. The van der Waals surface area contributed by atoms with E-state index < -0.39 is 23.3 Å². The Bertz CT molecular complexity index is 365. The third kappa shape index (κ3) is 2.54. The van der Waals surface area contributed by atoms with Crippen LogP contribution >= 0.6 is 0 Å². The summed E-state index contributed by atoms with van der Waals surface area (Å²) in [5.41, 5.74) is -0.602. The average Bonchev–Trinajstić information content (AvgIpc) is 2.25. The molecule has 0 spiro atoms. The summed E-state index contributed by atoms with van der Waals surface area (Å²) in [6.45, 7) is 5.34. The van der Waals surface area contributed by atoms with Gasteiger partial charge in [0.2, 0.25) is 11.8 Å². The van der Waals surface area contributed by atoms with Gasteiger partial charge < -0.3 is 0 Å². The highest BCUT2D eigenvalue weighted by atomic mass is 16.2. The van der Waals surface area contributed by atoms with Crippen molar-refractivity contribution in [3.63, 3.8) is 0 Å². The molecule has 1 aliphatic heterocycles. The maximum absolute atomic E-state index is 11.8. The predicted octanol–water partition coefficient (Wildman–Crippen LogP) is 1.50. The molecule has 2 N–H and O–H groups in total. The van der Waals surface area contributed by atoms with Crippen LogP contribution in [0.25, 0.3) is 0 Å². The normalized spacial score (nSPS) is 19.9. The lowest BCUT2D eigenvalue weighted by atomic mass is 9.79. The van der Waals surface area contributed by atoms with Gasteiger partial charge in [-0.25, -0.2) is 4.79 Å². The van der Waals surface area contributed by atoms with Gasteiger partial charge in [0.25, 0.3) is 0 Å². The van der Waals surface area contributed by atoms with E-state index in [1.54, 1.807) is 6.92 Å². The first kappa shape index (κ1) is 13.4. The van der Waals surface area contributed by atoms with Crippen LogP contribution in [0, 0.1) is 5.41 Å². The molecule has 1 rings (SSSR count). The van der Waals surface area contributed by atoms with Gasteiger partial charge in [-0.3, -0.25) is 20.2 Å². The van der Waals surface area contributed by atoms with Gasteiger partial charge in [-0.1, -0.05) is 31.4 Å². The molecule has 0 bridgehead atoms. The molecule has 0 saturated carbocycles. The van der Waals surface area contributed by atoms with Gasteiger partial charge in [0.1, 0.15) is 5.41 Å². The fourth-order valence-electron chi connectivity index (χ4n) is 1.68. The monoisotopic (exact) mass is 238 g/mol. The SMILES string of the molecule is CCCCC=C(C)C1(C)C(=O)NC(=O)NC1=O. The smallest absolute Gasteiger partial charge is 0.277 e. The van der Waals surface area contributed by atoms with Crippen molar-refractivity contribution in [3.8, 4) is 0 Å². The van der Waals surface area contributed by atoms with Crippen LogP contribution in [-0.4, -0.2) is 17.8 Å². The van der Waals surface area contributed by atoms with E-state index in [-0.39, 0.29) is 0 Å². The van der Waals surface area contributed by atoms with Crippen molar-refractivity contribution in [3.05, 3.63) is 11.6 Å². The summed E-state index contributed by atoms with van der Waals surface area (Å²) in [7, 11) is 0. The molecule has 1 aliphatic rings. The average molecular weight is 238 g/mol. The fraction of sp³-hybridized carbons (Fsp3) is 0.583. The zero-order valence-corrected chi connectivity index (χ0v) is 10.4. The number of barbiturate groups is 1. The fourth-order valence-corrected chi connectivity index (χ4v) is 1.68. The molecule has 4 amide bonds. The van der Waals surface area contributed by atoms with E-state index in [1.165, 1.54) is 6.92 Å². The maximum Gasteiger partial charge on any atom is 0.328 e. The van der Waals surface area contributed by atoms with Gasteiger partial charge in [-0.15, -0.1) is 0 Å². The number of carbonyl (C=O) groups is 3. The van der Waals surface area contributed by atoms with Crippen molar-refractivity contribution >= 4 is 17.8 Å². The van der Waals surface area contributed by atoms with E-state index >= 15 is 0 Å². The van der Waals surface area contributed by atoms with Crippen molar-refractivity contribution in [2.45, 2.75) is 40.0 Å². The van der Waals surface area contributed by atoms with Crippen molar-refractivity contribution in [1.82, 2.24) is 10.6 Å². The Kier molecular flexibility index (Phi) is 4.04. The lowest BCUT2D eigenvalue weighted by Crippen LogP contribution is -2.61. The number of hydrogen-bond donors (Lipinski definition) is 2. The van der Waals surface area contributed by atoms with Gasteiger partial charge in [-0.05, 0) is 20.3 Å². The summed E-state index contributed by atoms with van der Waals surface area (Å²) in [6.07, 6.45) is 4.78. The second kappa shape index (κ2) is 5.12. The molecule has 17 heavy (non-hydrogen) atoms. The Morgan fingerprint density at radius 2 is 1.76 bits per heavy atom. The second-order valence-corrected chi connectivity index (χ2v) is 4.39. The topological polar surface area (TPSA) is 75.3 Å². The van der Waals surface area contributed by atoms with E-state index in [4.69, 9.17) is 0 Å². The summed E-state index contributed by atoms with van der Waals surface area (Å²) < 4.78 is 0. The minimum absolute atomic E-state index is 0.559. The zero-order chi connectivity index (χ0) is 13.1. The van der Waals surface area contributed by atoms with Crippen LogP contribution < -0.4 is 10.6 Å². The van der Waals surface area contributed by atoms with Gasteiger partial charge in [0.15, 0.2) is 0 Å². The number of imide groups is 2. The van der Waals surface area contributed by atoms with Crippen LogP contribution in [0.4, 0.5) is 4.79 Å². The molecule has 0 radical (unpaired) electrons. The van der Waals surface area contributed by atoms with E-state index in [9.17, 15) is 14.4 Å². The first-order valence-electron chi connectivity index (χ1n) is 5.77. The van der Waals surface area contributed by atoms with Crippen LogP contribution in [0.15, 0.2) is 11.6 Å². The van der Waals surface area contributed by atoms with Crippen molar-refractivity contribution < 1.29 is 14.4 Å². The Morgan fingerprint density at radius 3 is 2.24 bits per heavy atom. The summed E-state index contributed by atoms with van der Waals surface area (Å²) in [6, 6.07) is -0.751. The molecule has 1 fully saturated rings. The third-order valence-electron chi connectivity index (χ3n) is 3.16. The molecule has 1 saturated heterocycles. The Hall–Kier alpha value is -1.65. The van der Waals surface area contributed by atoms with Gasteiger partial charge in [-0.2, -0.15) is 0 Å². The standard InChI is InChI=1S/C12H18N2O3/c1-4-5-6-7-8(2)12(3)9(15)13-11(17)14-10(12)16/h7H,4-6H2,1-3H3,(H2,13,14,15,16,17). The molecular weight excluding hydrogens is 220 g/mol. The maximum atomic E-state index is 11.8. The second-order valence-electron chi connectivity index (χ2n) is 4.39. The highest BCUT2D eigenvalue weighted by Crippen LogP contribution is 2.29. The quantitative estimate of drug-likeness (QED) is 0.442. The molecule has 0 aromatic carbocycles. The number of nitrogens with one attached hydrogen (secondary N) is 2. The summed E-state index contributed by atoms with van der Waals surface area (Å²) in [4.78, 5) is 34.5. The number of rotatable bonds is 4. The molecule has 0 atom stereocenters. The van der Waals surface area contributed by atoms with Crippen LogP contribution in [0.3, 0.4) is 0 Å². The summed E-state index contributed by atoms with van der Waals surface area (Å²) in [5, 5.41) is 4.24. The van der Waals surface area contributed by atoms with Crippen molar-refractivity contribution in [1.29, 1.82) is 0 Å². The predicted molar refractivity (Wildman–Crippen MR) is 63.1 cm³/mol. The molecule has 0 aliphatic carbocycles. The lowest BCUT2D eigenvalue weighted by molar-refractivity contribution is -0.140. The Labute approximate surface area is 101 Å². The number of unbranched alkanes of at least 4 members (excludes halogenated alkanes) is 2. The van der Waals surface area contributed by atoms with Crippen molar-refractivity contribution in [2.24, 2.45) is 5.41 Å². The number of allylic oxidation sites excluding steroid dienone is 1. The van der Waals surface area contributed by atoms with E-state index in [0.717, 1.165) is 19.3 Å². The first-order chi connectivity index (χ1) is 7.92. The van der Waals surface area contributed by atoms with Gasteiger partial charge in [0, 0.05) is 0 Å². The Morgan fingerprint density at radius 1 is 1.24 bits per heavy atom.